The molecule has 0 aromatic heterocycles. The van der Waals surface area contributed by atoms with Crippen molar-refractivity contribution in [2.45, 2.75) is 6.92 Å². The summed E-state index contributed by atoms with van der Waals surface area (Å²) in [5, 5.41) is 14.2. The molecule has 5 heteroatoms. The molecule has 0 saturated carbocycles. The molecule has 0 saturated heterocycles. The topological polar surface area (TPSA) is 78.4 Å². The van der Waals surface area contributed by atoms with Gasteiger partial charge in [-0.05, 0) is 42.8 Å². The lowest BCUT2D eigenvalue weighted by molar-refractivity contribution is 0.0697. The number of aryl methyl sites for hydroxylation is 1. The highest BCUT2D eigenvalue weighted by molar-refractivity contribution is 6.00. The van der Waals surface area contributed by atoms with Crippen LogP contribution >= 0.6 is 0 Å². The van der Waals surface area contributed by atoms with Crippen molar-refractivity contribution < 1.29 is 14.7 Å². The number of para-hydroxylation sites is 1. The zero-order valence-electron chi connectivity index (χ0n) is 10.9. The Morgan fingerprint density at radius 2 is 1.60 bits per heavy atom. The largest absolute Gasteiger partial charge is 0.478 e. The maximum absolute atomic E-state index is 11.8. The lowest BCUT2D eigenvalue weighted by atomic mass is 10.2. The third kappa shape index (κ3) is 3.35. The molecule has 0 heterocycles. The lowest BCUT2D eigenvalue weighted by Gasteiger charge is -2.09. The minimum atomic E-state index is -0.999. The molecule has 102 valence electrons. The molecule has 2 aromatic rings. The van der Waals surface area contributed by atoms with Crippen LogP contribution in [0.2, 0.25) is 0 Å². The Morgan fingerprint density at radius 3 is 2.20 bits per heavy atom. The maximum atomic E-state index is 11.8. The van der Waals surface area contributed by atoms with Crippen LogP contribution < -0.4 is 10.6 Å². The van der Waals surface area contributed by atoms with E-state index in [-0.39, 0.29) is 11.6 Å². The molecule has 3 N–H and O–H groups in total. The van der Waals surface area contributed by atoms with E-state index in [1.165, 1.54) is 12.1 Å². The van der Waals surface area contributed by atoms with Crippen LogP contribution in [0.5, 0.6) is 0 Å². The smallest absolute Gasteiger partial charge is 0.335 e. The predicted molar refractivity (Wildman–Crippen MR) is 77.2 cm³/mol. The number of hydrogen-bond acceptors (Lipinski definition) is 2. The van der Waals surface area contributed by atoms with Crippen LogP contribution in [0.1, 0.15) is 15.9 Å². The number of carbonyl (C=O) groups is 2. The number of carboxylic acids is 1. The van der Waals surface area contributed by atoms with Crippen LogP contribution in [0.4, 0.5) is 16.2 Å². The van der Waals surface area contributed by atoms with Gasteiger partial charge in [0, 0.05) is 11.4 Å². The van der Waals surface area contributed by atoms with E-state index in [1.807, 2.05) is 31.2 Å². The summed E-state index contributed by atoms with van der Waals surface area (Å²) in [4.78, 5) is 22.5. The molecule has 2 rings (SSSR count). The maximum Gasteiger partial charge on any atom is 0.335 e. The van der Waals surface area contributed by atoms with E-state index < -0.39 is 5.97 Å². The zero-order chi connectivity index (χ0) is 14.5. The molecule has 0 aliphatic rings. The first-order valence-corrected chi connectivity index (χ1v) is 6.03. The zero-order valence-corrected chi connectivity index (χ0v) is 10.9. The van der Waals surface area contributed by atoms with Crippen LogP contribution in [-0.2, 0) is 0 Å². The predicted octanol–water partition coefficient (Wildman–Crippen LogP) is 3.34. The van der Waals surface area contributed by atoms with E-state index in [1.54, 1.807) is 12.1 Å². The molecule has 0 bridgehead atoms. The third-order valence-electron chi connectivity index (χ3n) is 2.78. The highest BCUT2D eigenvalue weighted by Gasteiger charge is 2.06. The summed E-state index contributed by atoms with van der Waals surface area (Å²) in [7, 11) is 0. The molecule has 0 atom stereocenters. The Kier molecular flexibility index (Phi) is 4.00. The minimum Gasteiger partial charge on any atom is -0.478 e. The van der Waals surface area contributed by atoms with Gasteiger partial charge in [-0.3, -0.25) is 0 Å². The van der Waals surface area contributed by atoms with Crippen LogP contribution in [0.15, 0.2) is 48.5 Å². The van der Waals surface area contributed by atoms with Crippen molar-refractivity contribution >= 4 is 23.4 Å². The average Bonchev–Trinajstić information content (AvgIpc) is 2.42. The van der Waals surface area contributed by atoms with Gasteiger partial charge in [0.1, 0.15) is 0 Å². The normalized spacial score (nSPS) is 9.85. The van der Waals surface area contributed by atoms with Gasteiger partial charge in [0.2, 0.25) is 0 Å². The van der Waals surface area contributed by atoms with Crippen LogP contribution in [0.3, 0.4) is 0 Å². The van der Waals surface area contributed by atoms with Gasteiger partial charge < -0.3 is 15.7 Å². The van der Waals surface area contributed by atoms with E-state index in [4.69, 9.17) is 5.11 Å². The van der Waals surface area contributed by atoms with Crippen LogP contribution in [0.25, 0.3) is 0 Å². The van der Waals surface area contributed by atoms with Gasteiger partial charge in [-0.1, -0.05) is 18.2 Å². The number of nitrogens with one attached hydrogen (secondary N) is 2. The standard InChI is InChI=1S/C15H14N2O3/c1-10-4-2-3-5-13(10)17-15(20)16-12-8-6-11(7-9-12)14(18)19/h2-9H,1H3,(H,18,19)(H2,16,17,20). The van der Waals surface area contributed by atoms with E-state index in [2.05, 4.69) is 10.6 Å². The number of carbonyl (C=O) groups excluding carboxylic acids is 1. The Balaban J connectivity index is 2.01. The molecule has 20 heavy (non-hydrogen) atoms. The first-order valence-electron chi connectivity index (χ1n) is 6.03. The number of rotatable bonds is 3. The Morgan fingerprint density at radius 1 is 0.950 bits per heavy atom. The molecule has 0 radical (unpaired) electrons. The van der Waals surface area contributed by atoms with E-state index in [9.17, 15) is 9.59 Å². The first-order chi connectivity index (χ1) is 9.56. The average molecular weight is 270 g/mol. The minimum absolute atomic E-state index is 0.176. The summed E-state index contributed by atoms with van der Waals surface area (Å²) in [5.74, 6) is -0.999. The van der Waals surface area contributed by atoms with Gasteiger partial charge in [-0.25, -0.2) is 9.59 Å². The van der Waals surface area contributed by atoms with E-state index in [0.717, 1.165) is 11.3 Å². The van der Waals surface area contributed by atoms with Crippen molar-refractivity contribution in [3.8, 4) is 0 Å². The fourth-order valence-corrected chi connectivity index (χ4v) is 1.69. The summed E-state index contributed by atoms with van der Waals surface area (Å²) < 4.78 is 0. The van der Waals surface area contributed by atoms with Crippen molar-refractivity contribution in [2.75, 3.05) is 10.6 Å². The highest BCUT2D eigenvalue weighted by Crippen LogP contribution is 2.14. The van der Waals surface area contributed by atoms with Crippen molar-refractivity contribution in [1.29, 1.82) is 0 Å². The van der Waals surface area contributed by atoms with Gasteiger partial charge in [0.05, 0.1) is 5.56 Å². The van der Waals surface area contributed by atoms with Crippen molar-refractivity contribution in [2.24, 2.45) is 0 Å². The molecule has 0 spiro atoms. The SMILES string of the molecule is Cc1ccccc1NC(=O)Nc1ccc(C(=O)O)cc1. The summed E-state index contributed by atoms with van der Waals surface area (Å²) in [6, 6.07) is 13.0. The lowest BCUT2D eigenvalue weighted by Crippen LogP contribution is -2.19. The number of carboxylic acid groups (broad SMARTS) is 1. The summed E-state index contributed by atoms with van der Waals surface area (Å²) in [6.45, 7) is 1.90. The third-order valence-corrected chi connectivity index (χ3v) is 2.78. The summed E-state index contributed by atoms with van der Waals surface area (Å²) >= 11 is 0. The Bertz CT molecular complexity index is 636. The number of urea groups is 1. The quantitative estimate of drug-likeness (QED) is 0.800. The fourth-order valence-electron chi connectivity index (χ4n) is 1.69. The molecule has 5 nitrogen and oxygen atoms in total. The monoisotopic (exact) mass is 270 g/mol. The van der Waals surface area contributed by atoms with Crippen molar-refractivity contribution in [3.63, 3.8) is 0 Å². The van der Waals surface area contributed by atoms with E-state index >= 15 is 0 Å². The fraction of sp³-hybridized carbons (Fsp3) is 0.0667. The molecule has 0 aliphatic carbocycles. The second-order valence-electron chi connectivity index (χ2n) is 4.28. The van der Waals surface area contributed by atoms with Crippen molar-refractivity contribution in [1.82, 2.24) is 0 Å². The second-order valence-corrected chi connectivity index (χ2v) is 4.28. The van der Waals surface area contributed by atoms with Crippen molar-refractivity contribution in [3.05, 3.63) is 59.7 Å². The van der Waals surface area contributed by atoms with Gasteiger partial charge in [0.15, 0.2) is 0 Å². The Labute approximate surface area is 116 Å². The molecular weight excluding hydrogens is 256 g/mol. The van der Waals surface area contributed by atoms with E-state index in [0.29, 0.717) is 5.69 Å². The van der Waals surface area contributed by atoms with Gasteiger partial charge in [-0.2, -0.15) is 0 Å². The molecule has 2 amide bonds. The van der Waals surface area contributed by atoms with Crippen LogP contribution in [-0.4, -0.2) is 17.1 Å². The summed E-state index contributed by atoms with van der Waals surface area (Å²) in [5.41, 5.74) is 2.40. The Hall–Kier alpha value is -2.82. The highest BCUT2D eigenvalue weighted by atomic mass is 16.4. The van der Waals surface area contributed by atoms with Crippen LogP contribution in [0, 0.1) is 6.92 Å². The number of benzene rings is 2. The number of hydrogen-bond donors (Lipinski definition) is 3. The molecular formula is C15H14N2O3. The number of aromatic carboxylic acids is 1. The molecule has 0 aliphatic heterocycles. The van der Waals surface area contributed by atoms with Gasteiger partial charge in [0.25, 0.3) is 0 Å². The molecule has 2 aromatic carbocycles. The molecule has 0 fully saturated rings. The first kappa shape index (κ1) is 13.6. The number of amides is 2. The number of anilines is 2. The summed E-state index contributed by atoms with van der Waals surface area (Å²) in [6.07, 6.45) is 0. The second kappa shape index (κ2) is 5.88. The van der Waals surface area contributed by atoms with Gasteiger partial charge >= 0.3 is 12.0 Å². The van der Waals surface area contributed by atoms with Gasteiger partial charge in [-0.15, -0.1) is 0 Å². The molecule has 0 unspecified atom stereocenters.